The number of halogens is 1. The van der Waals surface area contributed by atoms with Crippen molar-refractivity contribution in [3.63, 3.8) is 0 Å². The summed E-state index contributed by atoms with van der Waals surface area (Å²) in [5.74, 6) is 1.35. The van der Waals surface area contributed by atoms with Crippen LogP contribution in [0.5, 0.6) is 5.75 Å². The first-order valence-electron chi connectivity index (χ1n) is 7.41. The third kappa shape index (κ3) is 4.33. The van der Waals surface area contributed by atoms with Crippen LogP contribution >= 0.6 is 11.6 Å². The SMILES string of the molecule is COc1ccc(Nc2nccc(/C=C/c3ccc(Cl)cc3)n2)cc1. The molecule has 0 bridgehead atoms. The highest BCUT2D eigenvalue weighted by molar-refractivity contribution is 6.30. The van der Waals surface area contributed by atoms with Gasteiger partial charge in [-0.15, -0.1) is 0 Å². The molecule has 0 aliphatic carbocycles. The fourth-order valence-corrected chi connectivity index (χ4v) is 2.21. The number of ether oxygens (including phenoxy) is 1. The smallest absolute Gasteiger partial charge is 0.227 e. The zero-order valence-corrected chi connectivity index (χ0v) is 13.9. The number of hydrogen-bond donors (Lipinski definition) is 1. The van der Waals surface area contributed by atoms with E-state index in [0.29, 0.717) is 5.95 Å². The minimum absolute atomic E-state index is 0.540. The van der Waals surface area contributed by atoms with Crippen LogP contribution in [0, 0.1) is 0 Å². The van der Waals surface area contributed by atoms with E-state index in [9.17, 15) is 0 Å². The first-order chi connectivity index (χ1) is 11.7. The second-order valence-electron chi connectivity index (χ2n) is 5.04. The van der Waals surface area contributed by atoms with E-state index in [1.807, 2.05) is 66.7 Å². The molecular formula is C19H16ClN3O. The van der Waals surface area contributed by atoms with Gasteiger partial charge in [-0.3, -0.25) is 0 Å². The molecular weight excluding hydrogens is 322 g/mol. The Labute approximate surface area is 145 Å². The molecule has 0 atom stereocenters. The molecule has 0 aliphatic heterocycles. The number of anilines is 2. The molecule has 0 radical (unpaired) electrons. The number of nitrogens with one attached hydrogen (secondary N) is 1. The highest BCUT2D eigenvalue weighted by Gasteiger charge is 1.99. The van der Waals surface area contributed by atoms with Gasteiger partial charge in [0.05, 0.1) is 12.8 Å². The standard InChI is InChI=1S/C19H16ClN3O/c1-24-18-10-8-16(9-11-18)22-19-21-13-12-17(23-19)7-4-14-2-5-15(20)6-3-14/h2-13H,1H3,(H,21,22,23)/b7-4+. The molecule has 1 aromatic heterocycles. The molecule has 2 aromatic carbocycles. The van der Waals surface area contributed by atoms with Crippen molar-refractivity contribution in [2.45, 2.75) is 0 Å². The van der Waals surface area contributed by atoms with Gasteiger partial charge in [0.1, 0.15) is 5.75 Å². The minimum atomic E-state index is 0.540. The van der Waals surface area contributed by atoms with E-state index in [1.54, 1.807) is 13.3 Å². The van der Waals surface area contributed by atoms with E-state index in [2.05, 4.69) is 15.3 Å². The van der Waals surface area contributed by atoms with E-state index >= 15 is 0 Å². The zero-order valence-electron chi connectivity index (χ0n) is 13.1. The Kier molecular flexibility index (Phi) is 5.08. The van der Waals surface area contributed by atoms with Gasteiger partial charge in [0, 0.05) is 16.9 Å². The number of benzene rings is 2. The van der Waals surface area contributed by atoms with Gasteiger partial charge in [0.2, 0.25) is 5.95 Å². The largest absolute Gasteiger partial charge is 0.497 e. The molecule has 0 amide bonds. The van der Waals surface area contributed by atoms with Crippen molar-refractivity contribution in [1.82, 2.24) is 9.97 Å². The van der Waals surface area contributed by atoms with Crippen LogP contribution < -0.4 is 10.1 Å². The Hall–Kier alpha value is -2.85. The lowest BCUT2D eigenvalue weighted by atomic mass is 10.2. The first kappa shape index (κ1) is 16.0. The summed E-state index contributed by atoms with van der Waals surface area (Å²) in [5.41, 5.74) is 2.77. The average molecular weight is 338 g/mol. The molecule has 0 saturated heterocycles. The predicted octanol–water partition coefficient (Wildman–Crippen LogP) is 5.05. The van der Waals surface area contributed by atoms with Crippen LogP contribution in [0.4, 0.5) is 11.6 Å². The molecule has 5 heteroatoms. The summed E-state index contributed by atoms with van der Waals surface area (Å²) in [5, 5.41) is 3.89. The summed E-state index contributed by atoms with van der Waals surface area (Å²) in [4.78, 5) is 8.72. The van der Waals surface area contributed by atoms with E-state index in [1.165, 1.54) is 0 Å². The van der Waals surface area contributed by atoms with Gasteiger partial charge in [0.25, 0.3) is 0 Å². The monoisotopic (exact) mass is 337 g/mol. The molecule has 0 aliphatic rings. The molecule has 24 heavy (non-hydrogen) atoms. The summed E-state index contributed by atoms with van der Waals surface area (Å²) in [6, 6.07) is 17.1. The van der Waals surface area contributed by atoms with E-state index in [-0.39, 0.29) is 0 Å². The van der Waals surface area contributed by atoms with Crippen molar-refractivity contribution in [3.8, 4) is 5.75 Å². The summed E-state index contributed by atoms with van der Waals surface area (Å²) < 4.78 is 5.14. The fourth-order valence-electron chi connectivity index (χ4n) is 2.08. The third-order valence-electron chi connectivity index (χ3n) is 3.34. The first-order valence-corrected chi connectivity index (χ1v) is 7.78. The van der Waals surface area contributed by atoms with Crippen molar-refractivity contribution in [3.05, 3.63) is 77.1 Å². The lowest BCUT2D eigenvalue weighted by Crippen LogP contribution is -1.97. The Balaban J connectivity index is 1.72. The molecule has 3 rings (SSSR count). The van der Waals surface area contributed by atoms with Crippen molar-refractivity contribution in [2.75, 3.05) is 12.4 Å². The van der Waals surface area contributed by atoms with Crippen LogP contribution in [0.3, 0.4) is 0 Å². The van der Waals surface area contributed by atoms with Crippen LogP contribution in [0.1, 0.15) is 11.3 Å². The quantitative estimate of drug-likeness (QED) is 0.707. The van der Waals surface area contributed by atoms with E-state index < -0.39 is 0 Å². The predicted molar refractivity (Wildman–Crippen MR) is 98.7 cm³/mol. The van der Waals surface area contributed by atoms with Crippen LogP contribution in [0.15, 0.2) is 60.8 Å². The molecule has 0 saturated carbocycles. The fraction of sp³-hybridized carbons (Fsp3) is 0.0526. The molecule has 4 nitrogen and oxygen atoms in total. The topological polar surface area (TPSA) is 47.0 Å². The lowest BCUT2D eigenvalue weighted by Gasteiger charge is -2.06. The van der Waals surface area contributed by atoms with Gasteiger partial charge in [-0.05, 0) is 54.1 Å². The average Bonchev–Trinajstić information content (AvgIpc) is 2.62. The number of hydrogen-bond acceptors (Lipinski definition) is 4. The van der Waals surface area contributed by atoms with Gasteiger partial charge in [-0.2, -0.15) is 0 Å². The Morgan fingerprint density at radius 2 is 1.71 bits per heavy atom. The van der Waals surface area contributed by atoms with Crippen LogP contribution in [-0.2, 0) is 0 Å². The lowest BCUT2D eigenvalue weighted by molar-refractivity contribution is 0.415. The normalized spacial score (nSPS) is 10.8. The maximum Gasteiger partial charge on any atom is 0.227 e. The van der Waals surface area contributed by atoms with E-state index in [0.717, 1.165) is 27.7 Å². The molecule has 120 valence electrons. The Morgan fingerprint density at radius 3 is 2.42 bits per heavy atom. The molecule has 0 unspecified atom stereocenters. The minimum Gasteiger partial charge on any atom is -0.497 e. The molecule has 3 aromatic rings. The van der Waals surface area contributed by atoms with Crippen molar-refractivity contribution < 1.29 is 4.74 Å². The van der Waals surface area contributed by atoms with Crippen molar-refractivity contribution >= 4 is 35.4 Å². The zero-order chi connectivity index (χ0) is 16.8. The number of nitrogens with zero attached hydrogens (tertiary/aromatic N) is 2. The summed E-state index contributed by atoms with van der Waals surface area (Å²) >= 11 is 5.88. The molecule has 1 heterocycles. The Bertz CT molecular complexity index is 830. The van der Waals surface area contributed by atoms with E-state index in [4.69, 9.17) is 16.3 Å². The van der Waals surface area contributed by atoms with Crippen molar-refractivity contribution in [1.29, 1.82) is 0 Å². The van der Waals surface area contributed by atoms with Crippen LogP contribution in [-0.4, -0.2) is 17.1 Å². The maximum absolute atomic E-state index is 5.88. The summed E-state index contributed by atoms with van der Waals surface area (Å²) in [6.45, 7) is 0. The summed E-state index contributed by atoms with van der Waals surface area (Å²) in [6.07, 6.45) is 5.64. The number of methoxy groups -OCH3 is 1. The molecule has 0 spiro atoms. The van der Waals surface area contributed by atoms with Gasteiger partial charge in [0.15, 0.2) is 0 Å². The highest BCUT2D eigenvalue weighted by Crippen LogP contribution is 2.18. The Morgan fingerprint density at radius 1 is 0.958 bits per heavy atom. The van der Waals surface area contributed by atoms with Gasteiger partial charge < -0.3 is 10.1 Å². The third-order valence-corrected chi connectivity index (χ3v) is 3.59. The van der Waals surface area contributed by atoms with Crippen LogP contribution in [0.25, 0.3) is 12.2 Å². The van der Waals surface area contributed by atoms with Gasteiger partial charge >= 0.3 is 0 Å². The number of rotatable bonds is 5. The second kappa shape index (κ2) is 7.62. The molecule has 0 fully saturated rings. The highest BCUT2D eigenvalue weighted by atomic mass is 35.5. The van der Waals surface area contributed by atoms with Gasteiger partial charge in [-0.1, -0.05) is 29.8 Å². The van der Waals surface area contributed by atoms with Gasteiger partial charge in [-0.25, -0.2) is 9.97 Å². The maximum atomic E-state index is 5.88. The summed E-state index contributed by atoms with van der Waals surface area (Å²) in [7, 11) is 1.64. The molecule has 1 N–H and O–H groups in total. The van der Waals surface area contributed by atoms with Crippen LogP contribution in [0.2, 0.25) is 5.02 Å². The number of aromatic nitrogens is 2. The van der Waals surface area contributed by atoms with Crippen molar-refractivity contribution in [2.24, 2.45) is 0 Å². The second-order valence-corrected chi connectivity index (χ2v) is 5.48.